The summed E-state index contributed by atoms with van der Waals surface area (Å²) in [5.41, 5.74) is 0. The second-order valence-corrected chi connectivity index (χ2v) is 3.32. The van der Waals surface area contributed by atoms with Gasteiger partial charge in [-0.1, -0.05) is 6.08 Å². The van der Waals surface area contributed by atoms with E-state index in [0.717, 1.165) is 0 Å². The monoisotopic (exact) mass is 220 g/mol. The molecule has 1 rings (SSSR count). The normalized spacial score (nSPS) is 41.5. The van der Waals surface area contributed by atoms with Gasteiger partial charge in [-0.15, -0.1) is 6.58 Å². The summed E-state index contributed by atoms with van der Waals surface area (Å²) in [5, 5.41) is 37.2. The molecule has 0 bridgehead atoms. The molecule has 0 aliphatic carbocycles. The molecule has 1 aliphatic heterocycles. The highest BCUT2D eigenvalue weighted by molar-refractivity contribution is 4.90. The molecule has 0 radical (unpaired) electrons. The minimum Gasteiger partial charge on any atom is -0.394 e. The van der Waals surface area contributed by atoms with Crippen molar-refractivity contribution >= 4 is 0 Å². The van der Waals surface area contributed by atoms with Gasteiger partial charge in [-0.05, 0) is 0 Å². The van der Waals surface area contributed by atoms with Crippen LogP contribution in [-0.4, -0.2) is 64.3 Å². The van der Waals surface area contributed by atoms with E-state index in [9.17, 15) is 15.3 Å². The van der Waals surface area contributed by atoms with E-state index in [0.29, 0.717) is 0 Å². The van der Waals surface area contributed by atoms with E-state index in [1.807, 2.05) is 0 Å². The first kappa shape index (κ1) is 12.6. The van der Waals surface area contributed by atoms with Crippen LogP contribution in [0.15, 0.2) is 12.7 Å². The van der Waals surface area contributed by atoms with E-state index >= 15 is 0 Å². The molecule has 6 nitrogen and oxygen atoms in total. The van der Waals surface area contributed by atoms with Gasteiger partial charge in [0.15, 0.2) is 6.29 Å². The molecule has 0 aromatic carbocycles. The van der Waals surface area contributed by atoms with Crippen molar-refractivity contribution in [2.45, 2.75) is 30.7 Å². The molecule has 0 aromatic heterocycles. The average molecular weight is 220 g/mol. The van der Waals surface area contributed by atoms with Crippen molar-refractivity contribution in [3.8, 4) is 0 Å². The lowest BCUT2D eigenvalue weighted by Gasteiger charge is -2.39. The van der Waals surface area contributed by atoms with Gasteiger partial charge in [-0.25, -0.2) is 0 Å². The van der Waals surface area contributed by atoms with Crippen LogP contribution in [-0.2, 0) is 9.47 Å². The molecule has 0 amide bonds. The van der Waals surface area contributed by atoms with Gasteiger partial charge in [0.25, 0.3) is 0 Å². The van der Waals surface area contributed by atoms with Crippen LogP contribution in [0.25, 0.3) is 0 Å². The molecule has 1 aliphatic rings. The predicted molar refractivity (Wildman–Crippen MR) is 49.9 cm³/mol. The topological polar surface area (TPSA) is 99.4 Å². The highest BCUT2D eigenvalue weighted by Gasteiger charge is 2.44. The average Bonchev–Trinajstić information content (AvgIpc) is 2.23. The zero-order valence-electron chi connectivity index (χ0n) is 8.19. The molecule has 4 N–H and O–H groups in total. The largest absolute Gasteiger partial charge is 0.394 e. The maximum Gasteiger partial charge on any atom is 0.184 e. The molecule has 0 spiro atoms. The van der Waals surface area contributed by atoms with Crippen LogP contribution in [0, 0.1) is 0 Å². The van der Waals surface area contributed by atoms with Crippen LogP contribution in [0.1, 0.15) is 0 Å². The Morgan fingerprint density at radius 3 is 2.47 bits per heavy atom. The van der Waals surface area contributed by atoms with Gasteiger partial charge in [0.2, 0.25) is 0 Å². The molecule has 6 heteroatoms. The third-order valence-corrected chi connectivity index (χ3v) is 2.25. The van der Waals surface area contributed by atoms with E-state index < -0.39 is 37.3 Å². The van der Waals surface area contributed by atoms with E-state index in [4.69, 9.17) is 14.6 Å². The van der Waals surface area contributed by atoms with Crippen LogP contribution < -0.4 is 0 Å². The number of aliphatic hydroxyl groups is 4. The summed E-state index contributed by atoms with van der Waals surface area (Å²) in [5.74, 6) is 0. The molecule has 0 unspecified atom stereocenters. The minimum absolute atomic E-state index is 0.129. The number of hydrogen-bond donors (Lipinski definition) is 4. The minimum atomic E-state index is -1.47. The summed E-state index contributed by atoms with van der Waals surface area (Å²) >= 11 is 0. The SMILES string of the molecule is C=CCO[C@@H]1[C@@H](O)[C@H](O)O[C@H](CO)[C@@H]1O. The molecule has 5 atom stereocenters. The van der Waals surface area contributed by atoms with Crippen molar-refractivity contribution < 1.29 is 29.9 Å². The molecular weight excluding hydrogens is 204 g/mol. The Bertz CT molecular complexity index is 209. The first-order chi connectivity index (χ1) is 7.11. The first-order valence-electron chi connectivity index (χ1n) is 4.64. The van der Waals surface area contributed by atoms with Crippen molar-refractivity contribution in [2.24, 2.45) is 0 Å². The van der Waals surface area contributed by atoms with Crippen LogP contribution in [0.2, 0.25) is 0 Å². The Balaban J connectivity index is 2.65. The van der Waals surface area contributed by atoms with Gasteiger partial charge in [0.05, 0.1) is 13.2 Å². The second-order valence-electron chi connectivity index (χ2n) is 3.32. The van der Waals surface area contributed by atoms with Crippen LogP contribution in [0.4, 0.5) is 0 Å². The van der Waals surface area contributed by atoms with Gasteiger partial charge in [-0.2, -0.15) is 0 Å². The maximum absolute atomic E-state index is 9.63. The van der Waals surface area contributed by atoms with Crippen molar-refractivity contribution in [1.82, 2.24) is 0 Å². The maximum atomic E-state index is 9.63. The number of ether oxygens (including phenoxy) is 2. The Kier molecular flexibility index (Phi) is 4.65. The fraction of sp³-hybridized carbons (Fsp3) is 0.778. The standard InChI is InChI=1S/C9H16O6/c1-2-3-14-8-6(11)5(4-10)15-9(13)7(8)12/h2,5-13H,1,3-4H2/t5-,6+,7-,8+,9-/m1/s1. The molecule has 0 aromatic rings. The van der Waals surface area contributed by atoms with E-state index in [1.54, 1.807) is 0 Å². The van der Waals surface area contributed by atoms with Gasteiger partial charge >= 0.3 is 0 Å². The van der Waals surface area contributed by atoms with E-state index in [-0.39, 0.29) is 6.61 Å². The predicted octanol–water partition coefficient (Wildman–Crippen LogP) is -2.01. The van der Waals surface area contributed by atoms with E-state index in [2.05, 4.69) is 6.58 Å². The summed E-state index contributed by atoms with van der Waals surface area (Å²) in [6.45, 7) is 3.09. The fourth-order valence-corrected chi connectivity index (χ4v) is 1.44. The number of rotatable bonds is 4. The summed E-state index contributed by atoms with van der Waals surface area (Å²) in [4.78, 5) is 0. The quantitative estimate of drug-likeness (QED) is 0.408. The molecule has 0 saturated carbocycles. The summed E-state index contributed by atoms with van der Waals surface area (Å²) in [6.07, 6.45) is -4.51. The lowest BCUT2D eigenvalue weighted by Crippen LogP contribution is -2.59. The van der Waals surface area contributed by atoms with Crippen LogP contribution in [0.5, 0.6) is 0 Å². The van der Waals surface area contributed by atoms with Gasteiger partial charge < -0.3 is 29.9 Å². The van der Waals surface area contributed by atoms with Gasteiger partial charge in [-0.3, -0.25) is 0 Å². The summed E-state index contributed by atoms with van der Waals surface area (Å²) < 4.78 is 9.86. The third kappa shape index (κ3) is 2.75. The van der Waals surface area contributed by atoms with Crippen molar-refractivity contribution in [2.75, 3.05) is 13.2 Å². The highest BCUT2D eigenvalue weighted by Crippen LogP contribution is 2.22. The third-order valence-electron chi connectivity index (χ3n) is 2.25. The Morgan fingerprint density at radius 1 is 1.27 bits per heavy atom. The fourth-order valence-electron chi connectivity index (χ4n) is 1.44. The Labute approximate surface area is 87.4 Å². The lowest BCUT2D eigenvalue weighted by atomic mass is 9.99. The Morgan fingerprint density at radius 2 is 1.93 bits per heavy atom. The van der Waals surface area contributed by atoms with Crippen molar-refractivity contribution in [3.05, 3.63) is 12.7 Å². The smallest absolute Gasteiger partial charge is 0.184 e. The first-order valence-corrected chi connectivity index (χ1v) is 4.64. The number of aliphatic hydroxyl groups excluding tert-OH is 4. The van der Waals surface area contributed by atoms with Crippen molar-refractivity contribution in [1.29, 1.82) is 0 Å². The molecule has 1 heterocycles. The molecular formula is C9H16O6. The molecule has 15 heavy (non-hydrogen) atoms. The second kappa shape index (κ2) is 5.55. The van der Waals surface area contributed by atoms with Gasteiger partial charge in [0, 0.05) is 0 Å². The summed E-state index contributed by atoms with van der Waals surface area (Å²) in [7, 11) is 0. The molecule has 1 fully saturated rings. The molecule has 1 saturated heterocycles. The number of hydrogen-bond acceptors (Lipinski definition) is 6. The highest BCUT2D eigenvalue weighted by atomic mass is 16.6. The summed E-state index contributed by atoms with van der Waals surface area (Å²) in [6, 6.07) is 0. The lowest BCUT2D eigenvalue weighted by molar-refractivity contribution is -0.292. The zero-order chi connectivity index (χ0) is 11.4. The Hall–Kier alpha value is -0.500. The van der Waals surface area contributed by atoms with Crippen LogP contribution in [0.3, 0.4) is 0 Å². The van der Waals surface area contributed by atoms with Crippen LogP contribution >= 0.6 is 0 Å². The molecule has 88 valence electrons. The van der Waals surface area contributed by atoms with E-state index in [1.165, 1.54) is 6.08 Å². The zero-order valence-corrected chi connectivity index (χ0v) is 8.19. The van der Waals surface area contributed by atoms with Crippen molar-refractivity contribution in [3.63, 3.8) is 0 Å². The van der Waals surface area contributed by atoms with Gasteiger partial charge in [0.1, 0.15) is 24.4 Å².